The van der Waals surface area contributed by atoms with Gasteiger partial charge in [-0.25, -0.2) is 0 Å². The maximum atomic E-state index is 11.7. The second-order valence-electron chi connectivity index (χ2n) is 4.84. The zero-order valence-corrected chi connectivity index (χ0v) is 13.5. The van der Waals surface area contributed by atoms with Gasteiger partial charge in [-0.15, -0.1) is 0 Å². The van der Waals surface area contributed by atoms with Crippen LogP contribution in [0.1, 0.15) is 44.9 Å². The third kappa shape index (κ3) is 17.0. The molecule has 9 heteroatoms. The first-order valence-electron chi connectivity index (χ1n) is 7.21. The van der Waals surface area contributed by atoms with Gasteiger partial charge in [-0.1, -0.05) is 36.1 Å². The van der Waals surface area contributed by atoms with Gasteiger partial charge in [-0.05, 0) is 29.5 Å². The summed E-state index contributed by atoms with van der Waals surface area (Å²) in [6.45, 7) is 0. The van der Waals surface area contributed by atoms with Crippen molar-refractivity contribution in [2.75, 3.05) is 5.75 Å². The Morgan fingerprint density at radius 1 is 0.870 bits per heavy atom. The highest BCUT2D eigenvalue weighted by atomic mass is 32.2. The van der Waals surface area contributed by atoms with E-state index >= 15 is 0 Å². The van der Waals surface area contributed by atoms with E-state index in [9.17, 15) is 26.1 Å². The fourth-order valence-corrected chi connectivity index (χ4v) is 2.28. The molecule has 0 amide bonds. The number of aromatic nitrogens is 1. The molecule has 0 N–H and O–H groups in total. The summed E-state index contributed by atoms with van der Waals surface area (Å²) in [5.41, 5.74) is 0. The van der Waals surface area contributed by atoms with Gasteiger partial charge in [0.25, 0.3) is 10.1 Å². The quantitative estimate of drug-likeness (QED) is 0.478. The summed E-state index contributed by atoms with van der Waals surface area (Å²) >= 11 is 0. The lowest BCUT2D eigenvalue weighted by atomic mass is 10.1. The predicted molar refractivity (Wildman–Crippen MR) is 78.6 cm³/mol. The van der Waals surface area contributed by atoms with E-state index in [1.165, 1.54) is 0 Å². The second-order valence-corrected chi connectivity index (χ2v) is 6.49. The molecule has 1 aromatic heterocycles. The first kappa shape index (κ1) is 21.8. The van der Waals surface area contributed by atoms with Gasteiger partial charge in [0.05, 0.1) is 5.75 Å². The van der Waals surface area contributed by atoms with Crippen molar-refractivity contribution in [2.24, 2.45) is 0 Å². The van der Waals surface area contributed by atoms with Crippen molar-refractivity contribution >= 4 is 10.1 Å². The van der Waals surface area contributed by atoms with E-state index in [0.29, 0.717) is 25.7 Å². The average Bonchev–Trinajstić information content (AvgIpc) is 2.51. The molecule has 1 rings (SSSR count). The SMILES string of the molecule is O=S(=O)(CCCCCCCCC(F)(F)F)OF.c1ccncc1. The summed E-state index contributed by atoms with van der Waals surface area (Å²) in [5.74, 6) is -0.397. The first-order chi connectivity index (χ1) is 10.8. The van der Waals surface area contributed by atoms with Gasteiger partial charge >= 0.3 is 6.18 Å². The first-order valence-corrected chi connectivity index (χ1v) is 8.79. The standard InChI is InChI=1S/C9H16F4O3S.C5H5N/c10-9(11,12)7-5-3-1-2-4-6-8-17(14,15)16-13;1-2-4-6-5-3-1/h1-8H2;1-5H. The Kier molecular flexibility index (Phi) is 11.6. The lowest BCUT2D eigenvalue weighted by molar-refractivity contribution is -0.135. The molecule has 0 aliphatic heterocycles. The smallest absolute Gasteiger partial charge is 0.265 e. The third-order valence-corrected chi connectivity index (χ3v) is 3.75. The molecular weight excluding hydrogens is 338 g/mol. The van der Waals surface area contributed by atoms with Crippen LogP contribution in [0, 0.1) is 0 Å². The van der Waals surface area contributed by atoms with E-state index in [4.69, 9.17) is 0 Å². The van der Waals surface area contributed by atoms with E-state index < -0.39 is 28.5 Å². The number of rotatable bonds is 9. The van der Waals surface area contributed by atoms with Crippen LogP contribution >= 0.6 is 0 Å². The van der Waals surface area contributed by atoms with Crippen molar-refractivity contribution < 1.29 is 30.5 Å². The van der Waals surface area contributed by atoms with E-state index in [0.717, 1.165) is 0 Å². The number of unbranched alkanes of at least 4 members (excludes halogenated alkanes) is 5. The summed E-state index contributed by atoms with van der Waals surface area (Å²) in [6, 6.07) is 5.72. The summed E-state index contributed by atoms with van der Waals surface area (Å²) in [4.78, 5) is 3.78. The van der Waals surface area contributed by atoms with Crippen LogP contribution in [0.5, 0.6) is 0 Å². The largest absolute Gasteiger partial charge is 0.389 e. The Morgan fingerprint density at radius 2 is 1.39 bits per heavy atom. The summed E-state index contributed by atoms with van der Waals surface area (Å²) < 4.78 is 70.4. The molecule has 23 heavy (non-hydrogen) atoms. The minimum atomic E-state index is -4.10. The topological polar surface area (TPSA) is 56.3 Å². The zero-order chi connectivity index (χ0) is 17.6. The number of alkyl halides is 3. The summed E-state index contributed by atoms with van der Waals surface area (Å²) in [6.07, 6.45) is 1.22. The van der Waals surface area contributed by atoms with Gasteiger partial charge in [0.15, 0.2) is 0 Å². The summed E-state index contributed by atoms with van der Waals surface area (Å²) in [7, 11) is -4.05. The van der Waals surface area contributed by atoms with Gasteiger partial charge in [0.1, 0.15) is 0 Å². The van der Waals surface area contributed by atoms with Crippen LogP contribution in [-0.4, -0.2) is 25.3 Å². The Labute approximate surface area is 133 Å². The predicted octanol–water partition coefficient (Wildman–Crippen LogP) is 4.59. The van der Waals surface area contributed by atoms with Crippen molar-refractivity contribution in [2.45, 2.75) is 51.1 Å². The molecule has 1 heterocycles. The summed E-state index contributed by atoms with van der Waals surface area (Å²) in [5, 5.41) is 0. The highest BCUT2D eigenvalue weighted by molar-refractivity contribution is 7.86. The molecule has 0 fully saturated rings. The van der Waals surface area contributed by atoms with Crippen LogP contribution < -0.4 is 0 Å². The van der Waals surface area contributed by atoms with Gasteiger partial charge in [0, 0.05) is 18.8 Å². The fraction of sp³-hybridized carbons (Fsp3) is 0.643. The van der Waals surface area contributed by atoms with Crippen LogP contribution in [0.4, 0.5) is 17.7 Å². The van der Waals surface area contributed by atoms with Crippen molar-refractivity contribution in [3.05, 3.63) is 30.6 Å². The minimum absolute atomic E-state index is 0.0926. The van der Waals surface area contributed by atoms with Crippen LogP contribution in [0.15, 0.2) is 30.6 Å². The normalized spacial score (nSPS) is 11.7. The van der Waals surface area contributed by atoms with Crippen LogP contribution in [0.2, 0.25) is 0 Å². The Hall–Kier alpha value is -1.22. The molecule has 1 aromatic rings. The maximum absolute atomic E-state index is 11.7. The molecule has 0 atom stereocenters. The molecular formula is C14H21F4NO3S. The van der Waals surface area contributed by atoms with E-state index in [1.54, 1.807) is 12.4 Å². The lowest BCUT2D eigenvalue weighted by Crippen LogP contribution is -2.06. The third-order valence-electron chi connectivity index (χ3n) is 2.77. The molecule has 0 aliphatic carbocycles. The van der Waals surface area contributed by atoms with Gasteiger partial charge in [-0.2, -0.15) is 21.6 Å². The number of pyridine rings is 1. The van der Waals surface area contributed by atoms with Crippen LogP contribution in [0.3, 0.4) is 0 Å². The Morgan fingerprint density at radius 3 is 1.78 bits per heavy atom. The highest BCUT2D eigenvalue weighted by Crippen LogP contribution is 2.23. The average molecular weight is 359 g/mol. The Balaban J connectivity index is 0.000000664. The zero-order valence-electron chi connectivity index (χ0n) is 12.6. The van der Waals surface area contributed by atoms with E-state index in [1.807, 2.05) is 18.2 Å². The number of hydrogen-bond donors (Lipinski definition) is 0. The monoisotopic (exact) mass is 359 g/mol. The Bertz CT molecular complexity index is 454. The molecule has 0 saturated heterocycles. The van der Waals surface area contributed by atoms with Crippen molar-refractivity contribution in [3.63, 3.8) is 0 Å². The molecule has 0 aliphatic rings. The maximum Gasteiger partial charge on any atom is 0.389 e. The van der Waals surface area contributed by atoms with Gasteiger partial charge in [0.2, 0.25) is 0 Å². The molecule has 0 radical (unpaired) electrons. The highest BCUT2D eigenvalue weighted by Gasteiger charge is 2.25. The number of halogens is 4. The molecule has 0 saturated carbocycles. The molecule has 0 spiro atoms. The number of nitrogens with zero attached hydrogens (tertiary/aromatic N) is 1. The van der Waals surface area contributed by atoms with E-state index in [2.05, 4.69) is 9.37 Å². The van der Waals surface area contributed by atoms with Crippen molar-refractivity contribution in [1.29, 1.82) is 0 Å². The minimum Gasteiger partial charge on any atom is -0.265 e. The van der Waals surface area contributed by atoms with Crippen molar-refractivity contribution in [3.8, 4) is 0 Å². The van der Waals surface area contributed by atoms with Crippen LogP contribution in [-0.2, 0) is 14.5 Å². The molecule has 134 valence electrons. The van der Waals surface area contributed by atoms with E-state index in [-0.39, 0.29) is 12.8 Å². The second kappa shape index (κ2) is 12.2. The molecule has 4 nitrogen and oxygen atoms in total. The molecule has 0 aromatic carbocycles. The number of hydrogen-bond acceptors (Lipinski definition) is 4. The van der Waals surface area contributed by atoms with Crippen molar-refractivity contribution in [1.82, 2.24) is 4.98 Å². The molecule has 0 unspecified atom stereocenters. The van der Waals surface area contributed by atoms with Gasteiger partial charge in [-0.3, -0.25) is 4.98 Å². The lowest BCUT2D eigenvalue weighted by Gasteiger charge is -2.05. The van der Waals surface area contributed by atoms with Crippen LogP contribution in [0.25, 0.3) is 0 Å². The fourth-order valence-electron chi connectivity index (χ4n) is 1.66. The van der Waals surface area contributed by atoms with Gasteiger partial charge < -0.3 is 0 Å². The molecule has 0 bridgehead atoms.